The Balaban J connectivity index is 2.45. The van der Waals surface area contributed by atoms with Crippen LogP contribution in [0.4, 0.5) is 0 Å². The molecule has 0 aromatic carbocycles. The normalized spacial score (nSPS) is 12.6. The Morgan fingerprint density at radius 3 is 2.78 bits per heavy atom. The molecular formula is C15H20N2S. The molecule has 0 aliphatic rings. The van der Waals surface area contributed by atoms with Gasteiger partial charge in [-0.3, -0.25) is 4.98 Å². The van der Waals surface area contributed by atoms with E-state index in [0.717, 1.165) is 13.0 Å². The molecule has 2 aromatic heterocycles. The van der Waals surface area contributed by atoms with Crippen molar-refractivity contribution in [1.82, 2.24) is 10.3 Å². The van der Waals surface area contributed by atoms with Gasteiger partial charge in [0.2, 0.25) is 0 Å². The largest absolute Gasteiger partial charge is 0.306 e. The predicted octanol–water partition coefficient (Wildman–Crippen LogP) is 3.71. The second-order valence-corrected chi connectivity index (χ2v) is 5.33. The van der Waals surface area contributed by atoms with E-state index in [4.69, 9.17) is 0 Å². The average Bonchev–Trinajstić information content (AvgIpc) is 2.82. The van der Waals surface area contributed by atoms with Gasteiger partial charge in [-0.2, -0.15) is 0 Å². The Morgan fingerprint density at radius 2 is 2.17 bits per heavy atom. The predicted molar refractivity (Wildman–Crippen MR) is 78.2 cm³/mol. The van der Waals surface area contributed by atoms with Crippen molar-refractivity contribution in [3.63, 3.8) is 0 Å². The van der Waals surface area contributed by atoms with Crippen molar-refractivity contribution in [2.75, 3.05) is 6.54 Å². The summed E-state index contributed by atoms with van der Waals surface area (Å²) in [5, 5.41) is 5.77. The van der Waals surface area contributed by atoms with Crippen molar-refractivity contribution >= 4 is 11.3 Å². The minimum atomic E-state index is 0.299. The monoisotopic (exact) mass is 260 g/mol. The van der Waals surface area contributed by atoms with Crippen LogP contribution < -0.4 is 5.32 Å². The summed E-state index contributed by atoms with van der Waals surface area (Å²) in [5.74, 6) is 0. The molecule has 3 heteroatoms. The molecular weight excluding hydrogens is 240 g/mol. The third-order valence-electron chi connectivity index (χ3n) is 3.21. The highest BCUT2D eigenvalue weighted by molar-refractivity contribution is 7.10. The second kappa shape index (κ2) is 6.12. The summed E-state index contributed by atoms with van der Waals surface area (Å²) in [6, 6.07) is 4.63. The van der Waals surface area contributed by atoms with E-state index >= 15 is 0 Å². The van der Waals surface area contributed by atoms with E-state index in [1.807, 2.05) is 23.7 Å². The summed E-state index contributed by atoms with van der Waals surface area (Å²) in [6.07, 6.45) is 4.90. The zero-order valence-electron chi connectivity index (χ0n) is 11.2. The molecule has 1 N–H and O–H groups in total. The van der Waals surface area contributed by atoms with Crippen LogP contribution in [0.5, 0.6) is 0 Å². The summed E-state index contributed by atoms with van der Waals surface area (Å²) in [7, 11) is 0. The van der Waals surface area contributed by atoms with Gasteiger partial charge in [0.1, 0.15) is 0 Å². The number of rotatable bonds is 5. The highest BCUT2D eigenvalue weighted by Gasteiger charge is 2.18. The van der Waals surface area contributed by atoms with Crippen LogP contribution in [0, 0.1) is 6.92 Å². The molecule has 0 aliphatic carbocycles. The fourth-order valence-corrected chi connectivity index (χ4v) is 3.26. The van der Waals surface area contributed by atoms with E-state index < -0.39 is 0 Å². The zero-order chi connectivity index (χ0) is 13.0. The first-order valence-electron chi connectivity index (χ1n) is 6.48. The average molecular weight is 260 g/mol. The molecule has 0 saturated carbocycles. The molecule has 0 bridgehead atoms. The van der Waals surface area contributed by atoms with Crippen LogP contribution in [0.3, 0.4) is 0 Å². The van der Waals surface area contributed by atoms with Crippen molar-refractivity contribution < 1.29 is 0 Å². The number of aryl methyl sites for hydroxylation is 2. The van der Waals surface area contributed by atoms with Crippen LogP contribution in [0.25, 0.3) is 0 Å². The quantitative estimate of drug-likeness (QED) is 0.886. The number of hydrogen-bond donors (Lipinski definition) is 1. The van der Waals surface area contributed by atoms with Gasteiger partial charge in [0.05, 0.1) is 6.04 Å². The first kappa shape index (κ1) is 13.2. The smallest absolute Gasteiger partial charge is 0.0677 e. The lowest BCUT2D eigenvalue weighted by molar-refractivity contribution is 0.631. The number of aromatic nitrogens is 1. The topological polar surface area (TPSA) is 24.9 Å². The number of pyridine rings is 1. The Kier molecular flexibility index (Phi) is 4.50. The number of thiophene rings is 1. The van der Waals surface area contributed by atoms with E-state index in [-0.39, 0.29) is 0 Å². The van der Waals surface area contributed by atoms with Crippen LogP contribution in [0.2, 0.25) is 0 Å². The van der Waals surface area contributed by atoms with Gasteiger partial charge in [-0.05, 0) is 54.1 Å². The van der Waals surface area contributed by atoms with E-state index in [2.05, 4.69) is 48.6 Å². The maximum absolute atomic E-state index is 4.24. The molecule has 0 radical (unpaired) electrons. The van der Waals surface area contributed by atoms with Gasteiger partial charge in [0, 0.05) is 17.3 Å². The molecule has 0 saturated heterocycles. The molecule has 2 nitrogen and oxygen atoms in total. The molecule has 0 spiro atoms. The lowest BCUT2D eigenvalue weighted by Crippen LogP contribution is -2.23. The van der Waals surface area contributed by atoms with Crippen molar-refractivity contribution in [3.8, 4) is 0 Å². The van der Waals surface area contributed by atoms with Crippen molar-refractivity contribution in [2.45, 2.75) is 33.2 Å². The SMILES string of the molecule is CCNC(c1ccncc1CC)c1sccc1C. The molecule has 1 unspecified atom stereocenters. The Hall–Kier alpha value is -1.19. The number of nitrogens with one attached hydrogen (secondary N) is 1. The van der Waals surface area contributed by atoms with Gasteiger partial charge in [0.25, 0.3) is 0 Å². The van der Waals surface area contributed by atoms with E-state index in [1.165, 1.54) is 21.6 Å². The molecule has 2 heterocycles. The van der Waals surface area contributed by atoms with E-state index in [9.17, 15) is 0 Å². The van der Waals surface area contributed by atoms with Crippen molar-refractivity contribution in [1.29, 1.82) is 0 Å². The molecule has 18 heavy (non-hydrogen) atoms. The molecule has 2 rings (SSSR count). The van der Waals surface area contributed by atoms with Crippen LogP contribution in [0.15, 0.2) is 29.9 Å². The van der Waals surface area contributed by atoms with Gasteiger partial charge < -0.3 is 5.32 Å². The van der Waals surface area contributed by atoms with Crippen molar-refractivity contribution in [2.24, 2.45) is 0 Å². The number of nitrogens with zero attached hydrogens (tertiary/aromatic N) is 1. The molecule has 1 atom stereocenters. The third-order valence-corrected chi connectivity index (χ3v) is 4.29. The summed E-state index contributed by atoms with van der Waals surface area (Å²) >= 11 is 1.83. The highest BCUT2D eigenvalue weighted by atomic mass is 32.1. The zero-order valence-corrected chi connectivity index (χ0v) is 12.1. The summed E-state index contributed by atoms with van der Waals surface area (Å²) in [6.45, 7) is 7.49. The van der Waals surface area contributed by atoms with E-state index in [1.54, 1.807) is 0 Å². The fraction of sp³-hybridized carbons (Fsp3) is 0.400. The van der Waals surface area contributed by atoms with Crippen molar-refractivity contribution in [3.05, 3.63) is 51.5 Å². The lowest BCUT2D eigenvalue weighted by Gasteiger charge is -2.20. The van der Waals surface area contributed by atoms with Crippen LogP contribution in [0.1, 0.15) is 41.5 Å². The summed E-state index contributed by atoms with van der Waals surface area (Å²) in [4.78, 5) is 5.65. The van der Waals surface area contributed by atoms with E-state index in [0.29, 0.717) is 6.04 Å². The maximum atomic E-state index is 4.24. The van der Waals surface area contributed by atoms with Crippen LogP contribution in [-0.2, 0) is 6.42 Å². The third kappa shape index (κ3) is 2.62. The van der Waals surface area contributed by atoms with Gasteiger partial charge in [-0.25, -0.2) is 0 Å². The minimum absolute atomic E-state index is 0.299. The van der Waals surface area contributed by atoms with Gasteiger partial charge in [0.15, 0.2) is 0 Å². The van der Waals surface area contributed by atoms with Gasteiger partial charge in [-0.15, -0.1) is 11.3 Å². The molecule has 0 aliphatic heterocycles. The summed E-state index contributed by atoms with van der Waals surface area (Å²) in [5.41, 5.74) is 4.06. The lowest BCUT2D eigenvalue weighted by atomic mass is 9.98. The first-order valence-corrected chi connectivity index (χ1v) is 7.36. The summed E-state index contributed by atoms with van der Waals surface area (Å²) < 4.78 is 0. The molecule has 0 fully saturated rings. The fourth-order valence-electron chi connectivity index (χ4n) is 2.24. The Bertz CT molecular complexity index is 505. The number of hydrogen-bond acceptors (Lipinski definition) is 3. The molecule has 96 valence electrons. The van der Waals surface area contributed by atoms with Gasteiger partial charge in [-0.1, -0.05) is 13.8 Å². The van der Waals surface area contributed by atoms with Crippen LogP contribution in [-0.4, -0.2) is 11.5 Å². The van der Waals surface area contributed by atoms with Gasteiger partial charge >= 0.3 is 0 Å². The van der Waals surface area contributed by atoms with Crippen LogP contribution >= 0.6 is 11.3 Å². The molecule has 0 amide bonds. The minimum Gasteiger partial charge on any atom is -0.306 e. The highest BCUT2D eigenvalue weighted by Crippen LogP contribution is 2.31. The second-order valence-electron chi connectivity index (χ2n) is 4.39. The molecule has 2 aromatic rings. The standard InChI is InChI=1S/C15H20N2S/c1-4-12-10-16-8-6-13(12)14(17-5-2)15-11(3)7-9-18-15/h6-10,14,17H,4-5H2,1-3H3. The maximum Gasteiger partial charge on any atom is 0.0677 e. The first-order chi connectivity index (χ1) is 8.77. The Labute approximate surface area is 113 Å². The Morgan fingerprint density at radius 1 is 1.33 bits per heavy atom.